The zero-order valence-corrected chi connectivity index (χ0v) is 12.2. The van der Waals surface area contributed by atoms with Crippen molar-refractivity contribution in [3.63, 3.8) is 0 Å². The molecule has 3 heteroatoms. The molecule has 0 bridgehead atoms. The average Bonchev–Trinajstić information content (AvgIpc) is 2.50. The summed E-state index contributed by atoms with van der Waals surface area (Å²) in [4.78, 5) is 16.8. The summed E-state index contributed by atoms with van der Waals surface area (Å²) in [6.07, 6.45) is 3.70. The Hall–Kier alpha value is -1.77. The third-order valence-corrected chi connectivity index (χ3v) is 3.55. The second-order valence-electron chi connectivity index (χ2n) is 5.32. The fourth-order valence-corrected chi connectivity index (χ4v) is 2.45. The highest BCUT2D eigenvalue weighted by Gasteiger charge is 2.23. The van der Waals surface area contributed by atoms with E-state index in [-0.39, 0.29) is 5.78 Å². The molecule has 0 saturated heterocycles. The second-order valence-corrected chi connectivity index (χ2v) is 5.32. The van der Waals surface area contributed by atoms with E-state index in [2.05, 4.69) is 31.0 Å². The first-order chi connectivity index (χ1) is 9.02. The van der Waals surface area contributed by atoms with Crippen molar-refractivity contribution in [2.75, 3.05) is 32.6 Å². The molecule has 0 unspecified atom stereocenters. The molecule has 0 atom stereocenters. The van der Waals surface area contributed by atoms with Crippen molar-refractivity contribution in [2.24, 2.45) is 0 Å². The van der Waals surface area contributed by atoms with Crippen LogP contribution in [0.5, 0.6) is 0 Å². The third-order valence-electron chi connectivity index (χ3n) is 3.55. The lowest BCUT2D eigenvalue weighted by atomic mass is 9.99. The number of aryl methyl sites for hydroxylation is 1. The summed E-state index contributed by atoms with van der Waals surface area (Å²) in [7, 11) is 5.97. The second kappa shape index (κ2) is 5.47. The summed E-state index contributed by atoms with van der Waals surface area (Å²) >= 11 is 0. The molecule has 3 nitrogen and oxygen atoms in total. The molecule has 0 N–H and O–H groups in total. The van der Waals surface area contributed by atoms with E-state index < -0.39 is 0 Å². The van der Waals surface area contributed by atoms with Gasteiger partial charge in [0.15, 0.2) is 5.78 Å². The van der Waals surface area contributed by atoms with Gasteiger partial charge < -0.3 is 9.80 Å². The molecule has 0 aliphatic carbocycles. The summed E-state index contributed by atoms with van der Waals surface area (Å²) in [5.74, 6) is 0.170. The molecule has 0 fully saturated rings. The Morgan fingerprint density at radius 1 is 1.37 bits per heavy atom. The number of benzene rings is 1. The van der Waals surface area contributed by atoms with E-state index in [1.807, 2.05) is 31.3 Å². The Bertz CT molecular complexity index is 517. The predicted molar refractivity (Wildman–Crippen MR) is 79.8 cm³/mol. The van der Waals surface area contributed by atoms with Gasteiger partial charge >= 0.3 is 0 Å². The van der Waals surface area contributed by atoms with Gasteiger partial charge in [0, 0.05) is 50.7 Å². The lowest BCUT2D eigenvalue weighted by Gasteiger charge is -2.18. The average molecular weight is 258 g/mol. The summed E-state index contributed by atoms with van der Waals surface area (Å²) in [6.45, 7) is 2.99. The SMILES string of the molecule is CCc1ccc2c(c1)C(=O)/C(=C/N(C)C)CCN2C. The van der Waals surface area contributed by atoms with Crippen LogP contribution in [-0.4, -0.2) is 38.4 Å². The largest absolute Gasteiger partial charge is 0.383 e. The maximum Gasteiger partial charge on any atom is 0.192 e. The molecule has 0 saturated carbocycles. The van der Waals surface area contributed by atoms with Crippen LogP contribution < -0.4 is 4.90 Å². The summed E-state index contributed by atoms with van der Waals surface area (Å²) in [6, 6.07) is 6.23. The number of nitrogens with zero attached hydrogens (tertiary/aromatic N) is 2. The molecule has 19 heavy (non-hydrogen) atoms. The van der Waals surface area contributed by atoms with E-state index in [1.165, 1.54) is 5.56 Å². The van der Waals surface area contributed by atoms with Gasteiger partial charge in [-0.05, 0) is 30.5 Å². The predicted octanol–water partition coefficient (Wildman–Crippen LogP) is 2.72. The minimum absolute atomic E-state index is 0.170. The molecule has 0 aromatic heterocycles. The fraction of sp³-hybridized carbons (Fsp3) is 0.438. The number of Topliss-reactive ketones (excluding diaryl/α,β-unsaturated/α-hetero) is 1. The molecular weight excluding hydrogens is 236 g/mol. The number of carbonyl (C=O) groups excluding carboxylic acids is 1. The van der Waals surface area contributed by atoms with Gasteiger partial charge in [0.05, 0.1) is 0 Å². The van der Waals surface area contributed by atoms with Crippen LogP contribution in [0.25, 0.3) is 0 Å². The Morgan fingerprint density at radius 2 is 2.11 bits per heavy atom. The van der Waals surface area contributed by atoms with Gasteiger partial charge in [-0.15, -0.1) is 0 Å². The van der Waals surface area contributed by atoms with Gasteiger partial charge in [-0.3, -0.25) is 4.79 Å². The van der Waals surface area contributed by atoms with Gasteiger partial charge in [0.2, 0.25) is 0 Å². The first-order valence-corrected chi connectivity index (χ1v) is 6.78. The molecule has 0 radical (unpaired) electrons. The van der Waals surface area contributed by atoms with Crippen molar-refractivity contribution < 1.29 is 4.79 Å². The number of ketones is 1. The van der Waals surface area contributed by atoms with E-state index in [1.54, 1.807) is 0 Å². The minimum Gasteiger partial charge on any atom is -0.383 e. The lowest BCUT2D eigenvalue weighted by Crippen LogP contribution is -2.18. The van der Waals surface area contributed by atoms with Gasteiger partial charge in [-0.1, -0.05) is 13.0 Å². The van der Waals surface area contributed by atoms with Crippen molar-refractivity contribution >= 4 is 11.5 Å². The van der Waals surface area contributed by atoms with Crippen LogP contribution in [0.4, 0.5) is 5.69 Å². The van der Waals surface area contributed by atoms with Crippen molar-refractivity contribution in [3.8, 4) is 0 Å². The molecule has 0 spiro atoms. The molecule has 2 rings (SSSR count). The Kier molecular flexibility index (Phi) is 3.93. The number of anilines is 1. The summed E-state index contributed by atoms with van der Waals surface area (Å²) in [5, 5.41) is 0. The normalized spacial score (nSPS) is 17.4. The highest BCUT2D eigenvalue weighted by Crippen LogP contribution is 2.28. The van der Waals surface area contributed by atoms with Gasteiger partial charge in [-0.25, -0.2) is 0 Å². The maximum atomic E-state index is 12.7. The van der Waals surface area contributed by atoms with Crippen molar-refractivity contribution in [1.82, 2.24) is 4.90 Å². The summed E-state index contributed by atoms with van der Waals surface area (Å²) in [5.41, 5.74) is 3.99. The Morgan fingerprint density at radius 3 is 2.74 bits per heavy atom. The molecule has 1 aromatic rings. The van der Waals surface area contributed by atoms with Gasteiger partial charge in [0.1, 0.15) is 0 Å². The van der Waals surface area contributed by atoms with E-state index in [9.17, 15) is 4.79 Å². The van der Waals surface area contributed by atoms with Gasteiger partial charge in [-0.2, -0.15) is 0 Å². The molecule has 1 aromatic carbocycles. The van der Waals surface area contributed by atoms with Crippen LogP contribution >= 0.6 is 0 Å². The number of carbonyl (C=O) groups is 1. The lowest BCUT2D eigenvalue weighted by molar-refractivity contribution is 0.103. The molecule has 0 amide bonds. The third kappa shape index (κ3) is 2.80. The standard InChI is InChI=1S/C16H22N2O/c1-5-12-6-7-15-14(10-12)16(19)13(11-17(2)3)8-9-18(15)4/h6-7,10-11H,5,8-9H2,1-4H3/b13-11+. The maximum absolute atomic E-state index is 12.7. The smallest absolute Gasteiger partial charge is 0.192 e. The topological polar surface area (TPSA) is 23.6 Å². The molecule has 1 aliphatic heterocycles. The van der Waals surface area contributed by atoms with Crippen LogP contribution in [0.1, 0.15) is 29.3 Å². The number of rotatable bonds is 2. The quantitative estimate of drug-likeness (QED) is 0.762. The first kappa shape index (κ1) is 13.7. The Labute approximate surface area is 115 Å². The minimum atomic E-state index is 0.170. The fourth-order valence-electron chi connectivity index (χ4n) is 2.45. The van der Waals surface area contributed by atoms with Crippen LogP contribution in [0.2, 0.25) is 0 Å². The molecule has 102 valence electrons. The summed E-state index contributed by atoms with van der Waals surface area (Å²) < 4.78 is 0. The van der Waals surface area contributed by atoms with Gasteiger partial charge in [0.25, 0.3) is 0 Å². The zero-order valence-electron chi connectivity index (χ0n) is 12.2. The van der Waals surface area contributed by atoms with E-state index in [0.29, 0.717) is 0 Å². The van der Waals surface area contributed by atoms with Crippen molar-refractivity contribution in [2.45, 2.75) is 19.8 Å². The number of hydrogen-bond acceptors (Lipinski definition) is 3. The van der Waals surface area contributed by atoms with Crippen molar-refractivity contribution in [3.05, 3.63) is 41.1 Å². The number of fused-ring (bicyclic) bond motifs is 1. The van der Waals surface area contributed by atoms with Crippen LogP contribution in [0.3, 0.4) is 0 Å². The first-order valence-electron chi connectivity index (χ1n) is 6.78. The highest BCUT2D eigenvalue weighted by atomic mass is 16.1. The van der Waals surface area contributed by atoms with E-state index in [4.69, 9.17) is 0 Å². The number of hydrogen-bond donors (Lipinski definition) is 0. The Balaban J connectivity index is 2.51. The monoisotopic (exact) mass is 258 g/mol. The van der Waals surface area contributed by atoms with E-state index in [0.717, 1.165) is 36.2 Å². The molecular formula is C16H22N2O. The highest BCUT2D eigenvalue weighted by molar-refractivity contribution is 6.12. The van der Waals surface area contributed by atoms with Crippen LogP contribution in [0.15, 0.2) is 30.0 Å². The van der Waals surface area contributed by atoms with Crippen LogP contribution in [0, 0.1) is 0 Å². The zero-order chi connectivity index (χ0) is 14.0. The van der Waals surface area contributed by atoms with Crippen LogP contribution in [-0.2, 0) is 6.42 Å². The molecule has 1 aliphatic rings. The van der Waals surface area contributed by atoms with E-state index >= 15 is 0 Å². The van der Waals surface area contributed by atoms with Crippen molar-refractivity contribution in [1.29, 1.82) is 0 Å². The molecule has 1 heterocycles.